The monoisotopic (exact) mass is 393 g/mol. The third-order valence-electron chi connectivity index (χ3n) is 4.42. The quantitative estimate of drug-likeness (QED) is 0.390. The van der Waals surface area contributed by atoms with E-state index < -0.39 is 18.0 Å². The van der Waals surface area contributed by atoms with Crippen LogP contribution in [0, 0.1) is 0 Å². The van der Waals surface area contributed by atoms with Crippen molar-refractivity contribution in [2.75, 3.05) is 6.61 Å². The van der Waals surface area contributed by atoms with Gasteiger partial charge in [-0.25, -0.2) is 4.79 Å². The van der Waals surface area contributed by atoms with Crippen LogP contribution in [0.15, 0.2) is 24.3 Å². The van der Waals surface area contributed by atoms with Gasteiger partial charge in [0.05, 0.1) is 12.2 Å². The SMILES string of the molecule is C[C@H](NC(=O)CCCCCCCCCCOc1ccc(C(=O)O)cc1)C(=O)O. The average molecular weight is 393 g/mol. The fraction of sp³-hybridized carbons (Fsp3) is 0.571. The minimum absolute atomic E-state index is 0.201. The van der Waals surface area contributed by atoms with Crippen LogP contribution in [0.2, 0.25) is 0 Å². The molecule has 156 valence electrons. The van der Waals surface area contributed by atoms with E-state index in [1.165, 1.54) is 19.1 Å². The molecule has 0 bridgehead atoms. The van der Waals surface area contributed by atoms with Gasteiger partial charge in [0, 0.05) is 6.42 Å². The second-order valence-electron chi connectivity index (χ2n) is 6.88. The Morgan fingerprint density at radius 3 is 1.96 bits per heavy atom. The van der Waals surface area contributed by atoms with Crippen molar-refractivity contribution in [1.82, 2.24) is 5.32 Å². The first-order chi connectivity index (χ1) is 13.4. The summed E-state index contributed by atoms with van der Waals surface area (Å²) in [6.07, 6.45) is 8.68. The van der Waals surface area contributed by atoms with Crippen molar-refractivity contribution in [1.29, 1.82) is 0 Å². The van der Waals surface area contributed by atoms with Gasteiger partial charge in [0.1, 0.15) is 11.8 Å². The molecule has 0 saturated heterocycles. The zero-order chi connectivity index (χ0) is 20.8. The highest BCUT2D eigenvalue weighted by molar-refractivity contribution is 5.87. The molecular weight excluding hydrogens is 362 g/mol. The Morgan fingerprint density at radius 2 is 1.43 bits per heavy atom. The number of carbonyl (C=O) groups excluding carboxylic acids is 1. The normalized spacial score (nSPS) is 11.6. The summed E-state index contributed by atoms with van der Waals surface area (Å²) in [6.45, 7) is 2.08. The number of benzene rings is 1. The number of hydrogen-bond acceptors (Lipinski definition) is 4. The summed E-state index contributed by atoms with van der Waals surface area (Å²) >= 11 is 0. The summed E-state index contributed by atoms with van der Waals surface area (Å²) in [7, 11) is 0. The molecular formula is C21H31NO6. The Bertz CT molecular complexity index is 614. The maximum absolute atomic E-state index is 11.5. The molecule has 0 unspecified atom stereocenters. The molecule has 0 aliphatic heterocycles. The van der Waals surface area contributed by atoms with Crippen molar-refractivity contribution in [2.45, 2.75) is 70.8 Å². The summed E-state index contributed by atoms with van der Waals surface area (Å²) < 4.78 is 5.60. The van der Waals surface area contributed by atoms with Crippen LogP contribution in [0.1, 0.15) is 75.1 Å². The molecule has 1 atom stereocenters. The lowest BCUT2D eigenvalue weighted by Gasteiger charge is -2.09. The highest BCUT2D eigenvalue weighted by atomic mass is 16.5. The summed E-state index contributed by atoms with van der Waals surface area (Å²) in [4.78, 5) is 32.9. The molecule has 0 fully saturated rings. The van der Waals surface area contributed by atoms with Gasteiger partial charge in [0.25, 0.3) is 0 Å². The number of hydrogen-bond donors (Lipinski definition) is 3. The lowest BCUT2D eigenvalue weighted by atomic mass is 10.1. The van der Waals surface area contributed by atoms with E-state index in [9.17, 15) is 14.4 Å². The fourth-order valence-corrected chi connectivity index (χ4v) is 2.71. The van der Waals surface area contributed by atoms with Gasteiger partial charge in [0.15, 0.2) is 0 Å². The van der Waals surface area contributed by atoms with Gasteiger partial charge in [-0.2, -0.15) is 0 Å². The van der Waals surface area contributed by atoms with E-state index in [1.807, 2.05) is 0 Å². The van der Waals surface area contributed by atoms with Crippen LogP contribution in [0.4, 0.5) is 0 Å². The summed E-state index contributed by atoms with van der Waals surface area (Å²) in [6, 6.07) is 5.58. The van der Waals surface area contributed by atoms with Gasteiger partial charge >= 0.3 is 11.9 Å². The molecule has 7 heteroatoms. The second-order valence-corrected chi connectivity index (χ2v) is 6.88. The van der Waals surface area contributed by atoms with Crippen molar-refractivity contribution >= 4 is 17.8 Å². The van der Waals surface area contributed by atoms with E-state index in [2.05, 4.69) is 5.32 Å². The van der Waals surface area contributed by atoms with Crippen LogP contribution < -0.4 is 10.1 Å². The Morgan fingerprint density at radius 1 is 0.893 bits per heavy atom. The number of amides is 1. The van der Waals surface area contributed by atoms with Crippen LogP contribution >= 0.6 is 0 Å². The van der Waals surface area contributed by atoms with E-state index in [0.717, 1.165) is 51.4 Å². The molecule has 3 N–H and O–H groups in total. The van der Waals surface area contributed by atoms with Crippen LogP contribution in [0.5, 0.6) is 5.75 Å². The predicted molar refractivity (Wildman–Crippen MR) is 106 cm³/mol. The lowest BCUT2D eigenvalue weighted by Crippen LogP contribution is -2.38. The number of carbonyl (C=O) groups is 3. The Labute approximate surface area is 166 Å². The molecule has 1 amide bonds. The number of carboxylic acids is 2. The van der Waals surface area contributed by atoms with Crippen molar-refractivity contribution in [3.8, 4) is 5.75 Å². The number of nitrogens with one attached hydrogen (secondary N) is 1. The number of rotatable bonds is 15. The third-order valence-corrected chi connectivity index (χ3v) is 4.42. The van der Waals surface area contributed by atoms with Gasteiger partial charge in [0.2, 0.25) is 5.91 Å². The smallest absolute Gasteiger partial charge is 0.335 e. The number of aromatic carboxylic acids is 1. The van der Waals surface area contributed by atoms with Crippen LogP contribution in [0.3, 0.4) is 0 Å². The third kappa shape index (κ3) is 10.5. The predicted octanol–water partition coefficient (Wildman–Crippen LogP) is 3.86. The first-order valence-corrected chi connectivity index (χ1v) is 9.88. The molecule has 1 aromatic carbocycles. The van der Waals surface area contributed by atoms with E-state index in [1.54, 1.807) is 12.1 Å². The maximum atomic E-state index is 11.5. The Hall–Kier alpha value is -2.57. The van der Waals surface area contributed by atoms with E-state index in [0.29, 0.717) is 18.8 Å². The largest absolute Gasteiger partial charge is 0.494 e. The second kappa shape index (κ2) is 13.6. The van der Waals surface area contributed by atoms with Crippen molar-refractivity contribution in [2.24, 2.45) is 0 Å². The molecule has 0 aromatic heterocycles. The molecule has 0 aliphatic rings. The molecule has 0 aliphatic carbocycles. The number of carboxylic acid groups (broad SMARTS) is 2. The zero-order valence-electron chi connectivity index (χ0n) is 16.5. The molecule has 0 saturated carbocycles. The van der Waals surface area contributed by atoms with Gasteiger partial charge < -0.3 is 20.3 Å². The Balaban J connectivity index is 1.92. The summed E-state index contributed by atoms with van der Waals surface area (Å²) in [5.74, 6) is -1.48. The van der Waals surface area contributed by atoms with Gasteiger partial charge in [-0.15, -0.1) is 0 Å². The average Bonchev–Trinajstić information content (AvgIpc) is 2.66. The van der Waals surface area contributed by atoms with Gasteiger partial charge in [-0.3, -0.25) is 9.59 Å². The fourth-order valence-electron chi connectivity index (χ4n) is 2.71. The molecule has 0 radical (unpaired) electrons. The topological polar surface area (TPSA) is 113 Å². The van der Waals surface area contributed by atoms with Crippen molar-refractivity contribution in [3.63, 3.8) is 0 Å². The minimum Gasteiger partial charge on any atom is -0.494 e. The molecule has 7 nitrogen and oxygen atoms in total. The van der Waals surface area contributed by atoms with Crippen molar-refractivity contribution in [3.05, 3.63) is 29.8 Å². The van der Waals surface area contributed by atoms with Gasteiger partial charge in [-0.1, -0.05) is 38.5 Å². The maximum Gasteiger partial charge on any atom is 0.335 e. The van der Waals surface area contributed by atoms with E-state index in [4.69, 9.17) is 14.9 Å². The van der Waals surface area contributed by atoms with Crippen LogP contribution in [0.25, 0.3) is 0 Å². The standard InChI is InChI=1S/C21H31NO6/c1-16(20(24)25)22-19(23)10-8-6-4-2-3-5-7-9-15-28-18-13-11-17(12-14-18)21(26)27/h11-14,16H,2-10,15H2,1H3,(H,22,23)(H,24,25)(H,26,27)/t16-/m0/s1. The van der Waals surface area contributed by atoms with Crippen LogP contribution in [-0.4, -0.2) is 40.7 Å². The van der Waals surface area contributed by atoms with Crippen molar-refractivity contribution < 1.29 is 29.3 Å². The zero-order valence-corrected chi connectivity index (χ0v) is 16.5. The molecule has 1 rings (SSSR count). The highest BCUT2D eigenvalue weighted by Crippen LogP contribution is 2.14. The molecule has 0 heterocycles. The lowest BCUT2D eigenvalue weighted by molar-refractivity contribution is -0.141. The molecule has 1 aromatic rings. The highest BCUT2D eigenvalue weighted by Gasteiger charge is 2.13. The van der Waals surface area contributed by atoms with Gasteiger partial charge in [-0.05, 0) is 44.0 Å². The molecule has 0 spiro atoms. The minimum atomic E-state index is -1.02. The first kappa shape index (κ1) is 23.5. The Kier molecular flexibility index (Phi) is 11.4. The number of ether oxygens (including phenoxy) is 1. The summed E-state index contributed by atoms with van der Waals surface area (Å²) in [5, 5.41) is 20.0. The molecule has 28 heavy (non-hydrogen) atoms. The number of unbranched alkanes of at least 4 members (excludes halogenated alkanes) is 7. The summed E-state index contributed by atoms with van der Waals surface area (Å²) in [5.41, 5.74) is 0.253. The van der Waals surface area contributed by atoms with E-state index >= 15 is 0 Å². The number of aliphatic carboxylic acids is 1. The first-order valence-electron chi connectivity index (χ1n) is 9.88. The van der Waals surface area contributed by atoms with Crippen LogP contribution in [-0.2, 0) is 9.59 Å². The van der Waals surface area contributed by atoms with E-state index in [-0.39, 0.29) is 11.5 Å².